The molecule has 0 amide bonds. The Morgan fingerprint density at radius 1 is 1.45 bits per heavy atom. The Morgan fingerprint density at radius 2 is 2.25 bits per heavy atom. The molecule has 1 aromatic heterocycles. The van der Waals surface area contributed by atoms with Crippen molar-refractivity contribution < 1.29 is 14.8 Å². The third kappa shape index (κ3) is 3.59. The number of aromatic carboxylic acids is 1. The van der Waals surface area contributed by atoms with Crippen molar-refractivity contribution in [3.63, 3.8) is 0 Å². The van der Waals surface area contributed by atoms with E-state index in [0.29, 0.717) is 18.8 Å². The van der Waals surface area contributed by atoms with Crippen molar-refractivity contribution in [2.45, 2.75) is 13.1 Å². The summed E-state index contributed by atoms with van der Waals surface area (Å²) < 4.78 is 0. The third-order valence-corrected chi connectivity index (χ3v) is 3.37. The van der Waals surface area contributed by atoms with Gasteiger partial charge in [-0.1, -0.05) is 12.1 Å². The number of nitrogens with zero attached hydrogens (tertiary/aromatic N) is 2. The summed E-state index contributed by atoms with van der Waals surface area (Å²) in [6.07, 6.45) is 0. The van der Waals surface area contributed by atoms with Crippen LogP contribution in [0.25, 0.3) is 0 Å². The monoisotopic (exact) mass is 293 g/mol. The average Bonchev–Trinajstić information content (AvgIpc) is 2.88. The van der Waals surface area contributed by atoms with Gasteiger partial charge in [-0.05, 0) is 5.56 Å². The molecule has 2 N–H and O–H groups in total. The number of non-ortho nitro benzene ring substituents is 1. The van der Waals surface area contributed by atoms with Crippen LogP contribution in [0.3, 0.4) is 0 Å². The van der Waals surface area contributed by atoms with Crippen LogP contribution in [0, 0.1) is 10.1 Å². The number of carbonyl (C=O) groups is 1. The minimum atomic E-state index is -1.04. The van der Waals surface area contributed by atoms with E-state index >= 15 is 0 Å². The lowest BCUT2D eigenvalue weighted by atomic mass is 10.2. The number of carboxylic acid groups (broad SMARTS) is 1. The quantitative estimate of drug-likeness (QED) is 0.623. The molecule has 0 spiro atoms. The van der Waals surface area contributed by atoms with Crippen LogP contribution in [0.2, 0.25) is 0 Å². The van der Waals surface area contributed by atoms with Gasteiger partial charge in [-0.2, -0.15) is 0 Å². The zero-order chi connectivity index (χ0) is 14.5. The third-order valence-electron chi connectivity index (χ3n) is 2.49. The molecular formula is C12H11N3O4S. The number of hydrogen-bond donors (Lipinski definition) is 2. The molecule has 7 nitrogen and oxygen atoms in total. The summed E-state index contributed by atoms with van der Waals surface area (Å²) >= 11 is 1.07. The largest absolute Gasteiger partial charge is 0.476 e. The highest BCUT2D eigenvalue weighted by Gasteiger charge is 2.09. The predicted molar refractivity (Wildman–Crippen MR) is 72.7 cm³/mol. The number of aromatic nitrogens is 1. The molecule has 2 aromatic rings. The standard InChI is InChI=1S/C12H11N3O4S/c16-12(17)11-14-9(7-20-11)6-13-5-8-2-1-3-10(4-8)15(18)19/h1-4,7,13H,5-6H2,(H,16,17). The Bertz CT molecular complexity index is 641. The van der Waals surface area contributed by atoms with Crippen molar-refractivity contribution in [3.05, 3.63) is 56.0 Å². The number of hydrogen-bond acceptors (Lipinski definition) is 6. The van der Waals surface area contributed by atoms with E-state index in [1.54, 1.807) is 17.5 Å². The number of nitrogens with one attached hydrogen (secondary N) is 1. The van der Waals surface area contributed by atoms with Gasteiger partial charge in [0.25, 0.3) is 5.69 Å². The smallest absolute Gasteiger partial charge is 0.365 e. The summed E-state index contributed by atoms with van der Waals surface area (Å²) in [6.45, 7) is 0.855. The second-order valence-corrected chi connectivity index (χ2v) is 4.84. The molecule has 1 aromatic carbocycles. The molecule has 104 valence electrons. The zero-order valence-corrected chi connectivity index (χ0v) is 11.1. The van der Waals surface area contributed by atoms with Crippen molar-refractivity contribution in [2.24, 2.45) is 0 Å². The fraction of sp³-hybridized carbons (Fsp3) is 0.167. The van der Waals surface area contributed by atoms with E-state index < -0.39 is 10.9 Å². The first kappa shape index (κ1) is 14.1. The molecule has 0 saturated heterocycles. The van der Waals surface area contributed by atoms with E-state index in [9.17, 15) is 14.9 Å². The molecule has 2 rings (SSSR count). The zero-order valence-electron chi connectivity index (χ0n) is 10.3. The van der Waals surface area contributed by atoms with Crippen LogP contribution in [0.15, 0.2) is 29.6 Å². The van der Waals surface area contributed by atoms with Crippen molar-refractivity contribution in [1.82, 2.24) is 10.3 Å². The van der Waals surface area contributed by atoms with Crippen LogP contribution >= 0.6 is 11.3 Å². The van der Waals surface area contributed by atoms with Gasteiger partial charge in [-0.15, -0.1) is 11.3 Å². The molecule has 0 radical (unpaired) electrons. The van der Waals surface area contributed by atoms with Crippen LogP contribution in [-0.2, 0) is 13.1 Å². The fourth-order valence-electron chi connectivity index (χ4n) is 1.60. The van der Waals surface area contributed by atoms with Crippen molar-refractivity contribution in [2.75, 3.05) is 0 Å². The number of benzene rings is 1. The Kier molecular flexibility index (Phi) is 4.38. The Hall–Kier alpha value is -2.32. The SMILES string of the molecule is O=C(O)c1nc(CNCc2cccc([N+](=O)[O-])c2)cs1. The van der Waals surface area contributed by atoms with E-state index in [0.717, 1.165) is 16.9 Å². The topological polar surface area (TPSA) is 105 Å². The second-order valence-electron chi connectivity index (χ2n) is 3.98. The Balaban J connectivity index is 1.90. The lowest BCUT2D eigenvalue weighted by Gasteiger charge is -2.02. The van der Waals surface area contributed by atoms with Gasteiger partial charge in [0.2, 0.25) is 5.01 Å². The summed E-state index contributed by atoms with van der Waals surface area (Å²) in [7, 11) is 0. The van der Waals surface area contributed by atoms with Crippen LogP contribution in [0.1, 0.15) is 21.1 Å². The molecule has 0 aliphatic carbocycles. The minimum absolute atomic E-state index is 0.0473. The van der Waals surface area contributed by atoms with Crippen molar-refractivity contribution in [1.29, 1.82) is 0 Å². The summed E-state index contributed by atoms with van der Waals surface area (Å²) in [5, 5.41) is 24.2. The molecule has 0 atom stereocenters. The normalized spacial score (nSPS) is 10.4. The lowest BCUT2D eigenvalue weighted by molar-refractivity contribution is -0.384. The molecule has 0 bridgehead atoms. The van der Waals surface area contributed by atoms with E-state index in [4.69, 9.17) is 5.11 Å². The molecule has 1 heterocycles. The number of rotatable bonds is 6. The van der Waals surface area contributed by atoms with E-state index in [1.165, 1.54) is 12.1 Å². The summed E-state index contributed by atoms with van der Waals surface area (Å²) in [5.41, 5.74) is 1.47. The van der Waals surface area contributed by atoms with Crippen molar-refractivity contribution in [3.8, 4) is 0 Å². The highest BCUT2D eigenvalue weighted by molar-refractivity contribution is 7.11. The van der Waals surface area contributed by atoms with Gasteiger partial charge >= 0.3 is 5.97 Å². The molecule has 0 aliphatic heterocycles. The van der Waals surface area contributed by atoms with Crippen LogP contribution in [0.5, 0.6) is 0 Å². The lowest BCUT2D eigenvalue weighted by Crippen LogP contribution is -2.13. The first-order valence-electron chi connectivity index (χ1n) is 5.68. The molecule has 0 unspecified atom stereocenters. The van der Waals surface area contributed by atoms with E-state index in [2.05, 4.69) is 10.3 Å². The molecule has 20 heavy (non-hydrogen) atoms. The number of nitro benzene ring substituents is 1. The molecular weight excluding hydrogens is 282 g/mol. The van der Waals surface area contributed by atoms with Gasteiger partial charge in [0.05, 0.1) is 10.6 Å². The Labute approximate surface area is 118 Å². The molecule has 0 aliphatic rings. The first-order valence-corrected chi connectivity index (χ1v) is 6.56. The van der Waals surface area contributed by atoms with Crippen LogP contribution < -0.4 is 5.32 Å². The number of carboxylic acids is 1. The van der Waals surface area contributed by atoms with Gasteiger partial charge in [0.15, 0.2) is 0 Å². The maximum atomic E-state index is 10.7. The minimum Gasteiger partial charge on any atom is -0.476 e. The van der Waals surface area contributed by atoms with Crippen LogP contribution in [-0.4, -0.2) is 21.0 Å². The summed E-state index contributed by atoms with van der Waals surface area (Å²) in [5.74, 6) is -1.04. The van der Waals surface area contributed by atoms with Crippen molar-refractivity contribution >= 4 is 23.0 Å². The van der Waals surface area contributed by atoms with Gasteiger partial charge in [0.1, 0.15) is 0 Å². The first-order chi connectivity index (χ1) is 9.56. The van der Waals surface area contributed by atoms with Gasteiger partial charge in [-0.3, -0.25) is 10.1 Å². The fourth-order valence-corrected chi connectivity index (χ4v) is 2.26. The summed E-state index contributed by atoms with van der Waals surface area (Å²) in [6, 6.07) is 6.34. The average molecular weight is 293 g/mol. The predicted octanol–water partition coefficient (Wildman–Crippen LogP) is 2.04. The molecule has 0 saturated carbocycles. The maximum absolute atomic E-state index is 10.7. The number of thiazole rings is 1. The highest BCUT2D eigenvalue weighted by atomic mass is 32.1. The molecule has 0 fully saturated rings. The number of nitro groups is 1. The maximum Gasteiger partial charge on any atom is 0.365 e. The van der Waals surface area contributed by atoms with Gasteiger partial charge in [-0.25, -0.2) is 9.78 Å². The van der Waals surface area contributed by atoms with Gasteiger partial charge < -0.3 is 10.4 Å². The molecule has 8 heteroatoms. The van der Waals surface area contributed by atoms with Gasteiger partial charge in [0, 0.05) is 30.6 Å². The Morgan fingerprint density at radius 3 is 2.90 bits per heavy atom. The van der Waals surface area contributed by atoms with E-state index in [1.807, 2.05) is 0 Å². The highest BCUT2D eigenvalue weighted by Crippen LogP contribution is 2.13. The van der Waals surface area contributed by atoms with Crippen LogP contribution in [0.4, 0.5) is 5.69 Å². The van der Waals surface area contributed by atoms with E-state index in [-0.39, 0.29) is 10.7 Å². The summed E-state index contributed by atoms with van der Waals surface area (Å²) in [4.78, 5) is 24.8. The second kappa shape index (κ2) is 6.22.